The smallest absolute Gasteiger partial charge is 0.407 e. The Hall–Kier alpha value is -11.2. The zero-order valence-electron chi connectivity index (χ0n) is 48.4. The van der Waals surface area contributed by atoms with Crippen molar-refractivity contribution < 1.29 is 90.6 Å². The van der Waals surface area contributed by atoms with Crippen molar-refractivity contribution in [3.8, 4) is 39.1 Å². The van der Waals surface area contributed by atoms with E-state index in [1.54, 1.807) is 12.1 Å². The second-order valence-corrected chi connectivity index (χ2v) is 20.5. The summed E-state index contributed by atoms with van der Waals surface area (Å²) in [6.45, 7) is 4.15. The quantitative estimate of drug-likeness (QED) is 0.0119. The highest BCUT2D eigenvalue weighted by Gasteiger charge is 2.34. The number of carbonyl (C=O) groups excluding carboxylic acids is 4. The standard InChI is InChI=1S/C24H16F5NO4.2C18H17NO4.C6H5N3O.H2O/c1-11(23(31)34-22-20(28)18(26)17(25)19(27)21(22)29)30-24(32)33-10-16-14-8-4-2-6-12(14)13-7-3-5-9-15(13)16;2*1-11(17(20)21)19-18(22)23-10-16-14-8-4-2-6-12(14)13-7-3-5-9-15(13)16;10-9-6-4-2-1-3-5(6)7-8-9;/h2-9,11,16H,10H2,1H3,(H,30,32);2*2-9,11,16H,10H2,1H3,(H,19,22)(H,20,21);1-4,10H;1H2/i;2*20+1;;1+1. The minimum absolute atomic E-state index is 0. The van der Waals surface area contributed by atoms with Gasteiger partial charge in [0.05, 0.1) is 0 Å². The van der Waals surface area contributed by atoms with Crippen LogP contribution in [-0.4, -0.2) is 110 Å². The molecule has 0 saturated heterocycles. The van der Waals surface area contributed by atoms with Crippen LogP contribution >= 0.6 is 0 Å². The molecular weight excluding hydrogens is 1200 g/mol. The van der Waals surface area contributed by atoms with Gasteiger partial charge < -0.3 is 55.8 Å². The van der Waals surface area contributed by atoms with Crippen LogP contribution in [0.1, 0.15) is 71.9 Å². The first-order valence-electron chi connectivity index (χ1n) is 27.8. The fourth-order valence-corrected chi connectivity index (χ4v) is 10.4. The SMILES string of the molecule is CC(NC(=O)OCC1c2ccccc2-c2ccccc21)C(=O)Oc1c(F)c(F)c(F)c(F)c1F.CC(NC(=O)OCC1c2ccccc2-c2ccccc21)C(=O)[17OH].CC(NC(=O)OCC1c2ccccc2-c2ccccc21)C(O)=[17O].On1nnc2ccccc21.[17OH2]. The third kappa shape index (κ3) is 14.7. The van der Waals surface area contributed by atoms with Gasteiger partial charge in [-0.05, 0) is 105 Å². The number of nitrogens with zero attached hydrogens (tertiary/aromatic N) is 3. The van der Waals surface area contributed by atoms with Crippen LogP contribution in [0.4, 0.5) is 36.3 Å². The molecule has 3 unspecified atom stereocenters. The Morgan fingerprint density at radius 2 is 0.791 bits per heavy atom. The van der Waals surface area contributed by atoms with Crippen LogP contribution in [0, 0.1) is 29.1 Å². The van der Waals surface area contributed by atoms with Gasteiger partial charge in [0.2, 0.25) is 34.8 Å². The third-order valence-corrected chi connectivity index (χ3v) is 14.8. The molecule has 8 N–H and O–H groups in total. The number of aromatic nitrogens is 3. The number of esters is 1. The van der Waals surface area contributed by atoms with Crippen molar-refractivity contribution in [2.75, 3.05) is 19.8 Å². The average molecular weight is 1260 g/mol. The minimum Gasteiger partial charge on any atom is -0.480 e. The highest BCUT2D eigenvalue weighted by atomic mass is 19.2. The molecule has 20 nitrogen and oxygen atoms in total. The average Bonchev–Trinajstić information content (AvgIpc) is 1.66. The molecule has 3 atom stereocenters. The first-order chi connectivity index (χ1) is 43.2. The zero-order chi connectivity index (χ0) is 64.3. The number of carbonyl (C=O) groups is 6. The van der Waals surface area contributed by atoms with E-state index in [2.05, 4.69) is 55.3 Å². The van der Waals surface area contributed by atoms with Crippen molar-refractivity contribution >= 4 is 47.2 Å². The lowest BCUT2D eigenvalue weighted by Crippen LogP contribution is -2.41. The second-order valence-electron chi connectivity index (χ2n) is 20.5. The fourth-order valence-electron chi connectivity index (χ4n) is 10.4. The first-order valence-corrected chi connectivity index (χ1v) is 27.8. The number of ether oxygens (including phenoxy) is 4. The van der Waals surface area contributed by atoms with Gasteiger partial charge in [0.15, 0.2) is 0 Å². The Balaban J connectivity index is 0.000000166. The lowest BCUT2D eigenvalue weighted by Gasteiger charge is -2.17. The van der Waals surface area contributed by atoms with Gasteiger partial charge >= 0.3 is 36.2 Å². The summed E-state index contributed by atoms with van der Waals surface area (Å²) in [5, 5.41) is 40.3. The maximum atomic E-state index is 13.7. The van der Waals surface area contributed by atoms with E-state index in [1.165, 1.54) is 13.8 Å². The van der Waals surface area contributed by atoms with E-state index in [4.69, 9.17) is 29.6 Å². The summed E-state index contributed by atoms with van der Waals surface area (Å²) in [4.78, 5) is 70.0. The van der Waals surface area contributed by atoms with Crippen molar-refractivity contribution in [3.63, 3.8) is 0 Å². The van der Waals surface area contributed by atoms with E-state index in [1.807, 2.05) is 133 Å². The molecule has 25 heteroatoms. The number of nitrogens with one attached hydrogen (secondary N) is 3. The van der Waals surface area contributed by atoms with Gasteiger partial charge in [-0.2, -0.15) is 8.78 Å². The molecule has 0 radical (unpaired) electrons. The molecule has 12 rings (SSSR count). The molecule has 0 fully saturated rings. The summed E-state index contributed by atoms with van der Waals surface area (Å²) < 4.78 is 87.2. The highest BCUT2D eigenvalue weighted by molar-refractivity contribution is 5.85. The van der Waals surface area contributed by atoms with Crippen LogP contribution in [0.5, 0.6) is 5.75 Å². The van der Waals surface area contributed by atoms with Crippen molar-refractivity contribution in [1.82, 2.24) is 31.1 Å². The molecule has 8 aromatic carbocycles. The van der Waals surface area contributed by atoms with Gasteiger partial charge in [0.1, 0.15) is 49.0 Å². The lowest BCUT2D eigenvalue weighted by atomic mass is 9.98. The Kier molecular flexibility index (Phi) is 21.1. The first kappa shape index (κ1) is 65.8. The molecule has 9 aromatic rings. The van der Waals surface area contributed by atoms with E-state index >= 15 is 0 Å². The van der Waals surface area contributed by atoms with Gasteiger partial charge in [0.25, 0.3) is 0 Å². The third-order valence-electron chi connectivity index (χ3n) is 14.8. The minimum atomic E-state index is -2.39. The summed E-state index contributed by atoms with van der Waals surface area (Å²) in [7, 11) is 0. The zero-order valence-corrected chi connectivity index (χ0v) is 48.4. The molecule has 3 amide bonds. The number of fused-ring (bicyclic) bond motifs is 10. The van der Waals surface area contributed by atoms with Crippen molar-refractivity contribution in [3.05, 3.63) is 232 Å². The summed E-state index contributed by atoms with van der Waals surface area (Å²) in [5.41, 5.74) is 14.3. The molecule has 0 aliphatic heterocycles. The number of hydrogen-bond acceptors (Lipinski definition) is 13. The van der Waals surface area contributed by atoms with Crippen LogP contribution in [0.2, 0.25) is 0 Å². The van der Waals surface area contributed by atoms with E-state index in [0.717, 1.165) is 78.5 Å². The normalized spacial score (nSPS) is 13.0. The second kappa shape index (κ2) is 29.2. The van der Waals surface area contributed by atoms with Crippen LogP contribution in [-0.2, 0) is 28.6 Å². The van der Waals surface area contributed by atoms with E-state index in [-0.39, 0.29) is 43.1 Å². The van der Waals surface area contributed by atoms with Crippen LogP contribution in [0.25, 0.3) is 44.4 Å². The summed E-state index contributed by atoms with van der Waals surface area (Å²) in [6.07, 6.45) is -2.48. The van der Waals surface area contributed by atoms with Gasteiger partial charge in [-0.3, -0.25) is 9.59 Å². The van der Waals surface area contributed by atoms with E-state index in [9.17, 15) is 50.7 Å². The monoisotopic (exact) mass is 1260 g/mol. The van der Waals surface area contributed by atoms with Gasteiger partial charge in [-0.25, -0.2) is 32.3 Å². The Bertz CT molecular complexity index is 3900. The molecule has 1 aromatic heterocycles. The number of hydrogen-bond donors (Lipinski definition) is 6. The van der Waals surface area contributed by atoms with Gasteiger partial charge in [-0.1, -0.05) is 163 Å². The maximum Gasteiger partial charge on any atom is 0.407 e. The number of amides is 3. The molecule has 91 heavy (non-hydrogen) atoms. The number of halogens is 5. The van der Waals surface area contributed by atoms with Crippen LogP contribution in [0.15, 0.2) is 170 Å². The number of benzene rings is 8. The van der Waals surface area contributed by atoms with Crippen LogP contribution < -0.4 is 20.7 Å². The van der Waals surface area contributed by atoms with Gasteiger partial charge in [-0.15, -0.1) is 5.10 Å². The van der Waals surface area contributed by atoms with E-state index < -0.39 is 89.1 Å². The largest absolute Gasteiger partial charge is 0.480 e. The Morgan fingerprint density at radius 1 is 0.495 bits per heavy atom. The predicted octanol–water partition coefficient (Wildman–Crippen LogP) is 11.1. The molecule has 3 aliphatic carbocycles. The molecule has 1 heterocycles. The molecule has 0 spiro atoms. The lowest BCUT2D eigenvalue weighted by molar-refractivity contribution is -0.139. The van der Waals surface area contributed by atoms with E-state index in [0.29, 0.717) is 11.0 Å². The highest BCUT2D eigenvalue weighted by Crippen LogP contribution is 2.47. The number of para-hydroxylation sites is 1. The summed E-state index contributed by atoms with van der Waals surface area (Å²) in [5.74, 6) is -17.3. The number of carboxylic acids is 2. The van der Waals surface area contributed by atoms with Gasteiger partial charge in [0, 0.05) is 17.8 Å². The summed E-state index contributed by atoms with van der Waals surface area (Å²) >= 11 is 0. The van der Waals surface area contributed by atoms with Crippen molar-refractivity contribution in [2.24, 2.45) is 0 Å². The Labute approximate surface area is 515 Å². The van der Waals surface area contributed by atoms with Crippen molar-refractivity contribution in [2.45, 2.75) is 56.7 Å². The Morgan fingerprint density at radius 3 is 1.12 bits per heavy atom. The molecule has 0 bridgehead atoms. The number of rotatable bonds is 13. The number of alkyl carbamates (subject to hydrolysis) is 3. The van der Waals surface area contributed by atoms with Crippen molar-refractivity contribution in [1.29, 1.82) is 0 Å². The molecule has 3 aliphatic rings. The molecule has 470 valence electrons. The van der Waals surface area contributed by atoms with Crippen LogP contribution in [0.3, 0.4) is 0 Å². The predicted molar refractivity (Wildman–Crippen MR) is 318 cm³/mol. The molecule has 0 saturated carbocycles. The number of carboxylic acid groups (broad SMARTS) is 2. The number of aliphatic carboxylic acids is 2. The fraction of sp³-hybridized carbons (Fsp3) is 0.182. The molecular formula is C66H57F5N6O14. The maximum absolute atomic E-state index is 13.7. The summed E-state index contributed by atoms with van der Waals surface area (Å²) in [6, 6.07) is 51.1. The topological polar surface area (TPSA) is 298 Å².